The number of rotatable bonds is 3. The van der Waals surface area contributed by atoms with Crippen LogP contribution in [-0.4, -0.2) is 23.7 Å². The van der Waals surface area contributed by atoms with Crippen molar-refractivity contribution in [3.8, 4) is 0 Å². The maximum atomic E-state index is 12.2. The lowest BCUT2D eigenvalue weighted by molar-refractivity contribution is -0.164. The third kappa shape index (κ3) is 3.24. The van der Waals surface area contributed by atoms with Crippen LogP contribution in [0.15, 0.2) is 6.08 Å². The van der Waals surface area contributed by atoms with Gasteiger partial charge in [0.05, 0.1) is 24.5 Å². The third-order valence-corrected chi connectivity index (χ3v) is 3.48. The lowest BCUT2D eigenvalue weighted by atomic mass is 9.93. The van der Waals surface area contributed by atoms with Crippen molar-refractivity contribution in [1.82, 2.24) is 4.98 Å². The molecule has 4 heteroatoms. The second-order valence-electron chi connectivity index (χ2n) is 6.31. The zero-order valence-electron chi connectivity index (χ0n) is 14.0. The Labute approximate surface area is 131 Å². The molecule has 1 heterocycles. The van der Waals surface area contributed by atoms with Crippen LogP contribution in [0.3, 0.4) is 0 Å². The average Bonchev–Trinajstić information content (AvgIpc) is 2.44. The predicted molar refractivity (Wildman–Crippen MR) is 86.0 cm³/mol. The topological polar surface area (TPSA) is 48.4 Å². The van der Waals surface area contributed by atoms with Gasteiger partial charge in [0, 0.05) is 11.6 Å². The van der Waals surface area contributed by atoms with E-state index in [9.17, 15) is 4.79 Å². The zero-order valence-corrected chi connectivity index (χ0v) is 14.0. The van der Waals surface area contributed by atoms with E-state index in [-0.39, 0.29) is 0 Å². The van der Waals surface area contributed by atoms with Crippen LogP contribution in [-0.2, 0) is 14.3 Å². The first-order valence-corrected chi connectivity index (χ1v) is 7.27. The summed E-state index contributed by atoms with van der Waals surface area (Å²) in [5.74, 6) is -0.412. The smallest absolute Gasteiger partial charge is 0.339 e. The fourth-order valence-electron chi connectivity index (χ4n) is 2.56. The molecule has 1 aliphatic rings. The van der Waals surface area contributed by atoms with Gasteiger partial charge >= 0.3 is 5.97 Å². The number of aryl methyl sites for hydroxylation is 1. The molecule has 22 heavy (non-hydrogen) atoms. The first-order chi connectivity index (χ1) is 10.2. The van der Waals surface area contributed by atoms with Crippen molar-refractivity contribution in [2.75, 3.05) is 7.11 Å². The minimum Gasteiger partial charge on any atom is -0.467 e. The summed E-state index contributed by atoms with van der Waals surface area (Å²) in [6.07, 6.45) is 7.87. The Balaban J connectivity index is 2.59. The number of fused-ring (bicyclic) bond motifs is 1. The first kappa shape index (κ1) is 16.3. The van der Waals surface area contributed by atoms with E-state index in [1.165, 1.54) is 7.11 Å². The van der Waals surface area contributed by atoms with Crippen molar-refractivity contribution in [2.45, 2.75) is 46.3 Å². The van der Waals surface area contributed by atoms with Crippen LogP contribution in [0.5, 0.6) is 0 Å². The van der Waals surface area contributed by atoms with Gasteiger partial charge in [0.15, 0.2) is 11.8 Å². The highest BCUT2D eigenvalue weighted by atomic mass is 16.6. The number of hydrogen-bond donors (Lipinski definition) is 0. The van der Waals surface area contributed by atoms with Gasteiger partial charge in [-0.15, -0.1) is 0 Å². The molecule has 1 aromatic rings. The van der Waals surface area contributed by atoms with E-state index in [0.29, 0.717) is 0 Å². The van der Waals surface area contributed by atoms with Crippen LogP contribution in [0, 0.1) is 19.9 Å². The number of aromatic nitrogens is 1. The van der Waals surface area contributed by atoms with Crippen LogP contribution < -0.4 is 0 Å². The molecular formula is C18H22NO3+. The second-order valence-corrected chi connectivity index (χ2v) is 6.31. The molecule has 0 saturated heterocycles. The molecule has 0 fully saturated rings. The van der Waals surface area contributed by atoms with Crippen molar-refractivity contribution < 1.29 is 14.3 Å². The van der Waals surface area contributed by atoms with Crippen molar-refractivity contribution in [3.05, 3.63) is 40.2 Å². The Bertz CT molecular complexity index is 651. The molecule has 0 aliphatic heterocycles. The monoisotopic (exact) mass is 300 g/mol. The number of carbonyl (C=O) groups excluding carboxylic acids is 1. The van der Waals surface area contributed by atoms with Crippen LogP contribution in [0.25, 0.3) is 12.2 Å². The summed E-state index contributed by atoms with van der Waals surface area (Å²) < 4.78 is 10.9. The zero-order chi connectivity index (χ0) is 16.5. The molecule has 0 bridgehead atoms. The number of ether oxygens (including phenoxy) is 2. The van der Waals surface area contributed by atoms with Gasteiger partial charge in [0.2, 0.25) is 0 Å². The molecule has 0 saturated carbocycles. The molecule has 0 spiro atoms. The number of pyridine rings is 1. The van der Waals surface area contributed by atoms with Crippen LogP contribution in [0.2, 0.25) is 0 Å². The summed E-state index contributed by atoms with van der Waals surface area (Å²) in [4.78, 5) is 16.8. The summed E-state index contributed by atoms with van der Waals surface area (Å²) in [6.45, 7) is 9.61. The van der Waals surface area contributed by atoms with Crippen LogP contribution in [0.4, 0.5) is 0 Å². The average molecular weight is 300 g/mol. The third-order valence-electron chi connectivity index (χ3n) is 3.48. The first-order valence-electron chi connectivity index (χ1n) is 7.27. The van der Waals surface area contributed by atoms with E-state index in [1.807, 2.05) is 52.8 Å². The minimum atomic E-state index is -0.786. The molecule has 4 nitrogen and oxygen atoms in total. The molecule has 0 unspecified atom stereocenters. The highest BCUT2D eigenvalue weighted by Gasteiger charge is 2.33. The van der Waals surface area contributed by atoms with Gasteiger partial charge in [-0.05, 0) is 40.2 Å². The molecule has 1 atom stereocenters. The van der Waals surface area contributed by atoms with Crippen molar-refractivity contribution in [1.29, 1.82) is 0 Å². The second kappa shape index (κ2) is 5.99. The Morgan fingerprint density at radius 3 is 2.59 bits per heavy atom. The summed E-state index contributed by atoms with van der Waals surface area (Å²) in [5.41, 5.74) is 3.91. The minimum absolute atomic E-state index is 0.412. The molecule has 0 radical (unpaired) electrons. The quantitative estimate of drug-likeness (QED) is 0.632. The molecule has 0 aromatic carbocycles. The summed E-state index contributed by atoms with van der Waals surface area (Å²) in [7, 11) is 1.37. The summed E-state index contributed by atoms with van der Waals surface area (Å²) in [5, 5.41) is 0. The summed E-state index contributed by atoms with van der Waals surface area (Å²) in [6, 6.07) is 0. The fourth-order valence-corrected chi connectivity index (χ4v) is 2.56. The maximum Gasteiger partial charge on any atom is 0.339 e. The van der Waals surface area contributed by atoms with E-state index in [0.717, 1.165) is 28.1 Å². The van der Waals surface area contributed by atoms with Gasteiger partial charge < -0.3 is 9.47 Å². The molecule has 1 aromatic heterocycles. The Morgan fingerprint density at radius 2 is 2.00 bits per heavy atom. The van der Waals surface area contributed by atoms with Gasteiger partial charge in [-0.25, -0.2) is 4.79 Å². The van der Waals surface area contributed by atoms with E-state index in [4.69, 9.17) is 9.47 Å². The highest BCUT2D eigenvalue weighted by Crippen LogP contribution is 2.33. The largest absolute Gasteiger partial charge is 0.467 e. The van der Waals surface area contributed by atoms with Crippen molar-refractivity contribution >= 4 is 18.1 Å². The van der Waals surface area contributed by atoms with Crippen molar-refractivity contribution in [3.63, 3.8) is 0 Å². The lowest BCUT2D eigenvalue weighted by Crippen LogP contribution is -2.29. The number of hydrogen-bond acceptors (Lipinski definition) is 4. The molecule has 116 valence electrons. The van der Waals surface area contributed by atoms with Crippen molar-refractivity contribution in [2.24, 2.45) is 0 Å². The number of nitrogens with zero attached hydrogens (tertiary/aromatic N) is 1. The standard InChI is InChI=1S/C18H22NO3/c1-11-13-9-7-8-10-14(13)19-12(2)15(11)16(17(20)21-6)22-18(3,4)5/h7,9-10,16H,1-6H3/q+1/t16-/m0/s1. The van der Waals surface area contributed by atoms with E-state index < -0.39 is 17.7 Å². The van der Waals surface area contributed by atoms with Crippen LogP contribution in [0.1, 0.15) is 55.0 Å². The maximum absolute atomic E-state index is 12.2. The predicted octanol–water partition coefficient (Wildman–Crippen LogP) is 3.57. The fraction of sp³-hybridized carbons (Fsp3) is 0.444. The van der Waals surface area contributed by atoms with Gasteiger partial charge in [-0.1, -0.05) is 0 Å². The van der Waals surface area contributed by atoms with E-state index >= 15 is 0 Å². The molecule has 1 aliphatic carbocycles. The van der Waals surface area contributed by atoms with E-state index in [2.05, 4.69) is 11.1 Å². The SMILES string of the molecule is COC(=O)[C@@H](OC(C)(C)C)c1c(C)nc2c(c1C)C=C[C+]=C2. The molecule has 2 rings (SSSR count). The van der Waals surface area contributed by atoms with Gasteiger partial charge in [-0.2, -0.15) is 4.98 Å². The van der Waals surface area contributed by atoms with Crippen LogP contribution >= 0.6 is 0 Å². The van der Waals surface area contributed by atoms with E-state index in [1.54, 1.807) is 0 Å². The normalized spacial score (nSPS) is 14.3. The number of methoxy groups -OCH3 is 1. The van der Waals surface area contributed by atoms with Gasteiger partial charge in [0.1, 0.15) is 17.7 Å². The summed E-state index contributed by atoms with van der Waals surface area (Å²) >= 11 is 0. The molecule has 0 N–H and O–H groups in total. The number of allylic oxidation sites excluding steroid dienone is 2. The molecular weight excluding hydrogens is 278 g/mol. The Kier molecular flexibility index (Phi) is 4.45. The number of carbonyl (C=O) groups is 1. The van der Waals surface area contributed by atoms with Gasteiger partial charge in [-0.3, -0.25) is 0 Å². The highest BCUT2D eigenvalue weighted by molar-refractivity contribution is 5.79. The lowest BCUT2D eigenvalue weighted by Gasteiger charge is -2.28. The van der Waals surface area contributed by atoms with Gasteiger partial charge in [0.25, 0.3) is 0 Å². The molecule has 0 amide bonds. The Morgan fingerprint density at radius 1 is 1.32 bits per heavy atom. The number of esters is 1. The Hall–Kier alpha value is -2.03.